The average Bonchev–Trinajstić information content (AvgIpc) is 2.50. The molecular weight excluding hydrogens is 144 g/mol. The Morgan fingerprint density at radius 2 is 2.18 bits per heavy atom. The van der Waals surface area contributed by atoms with Crippen molar-refractivity contribution in [3.63, 3.8) is 0 Å². The van der Waals surface area contributed by atoms with E-state index >= 15 is 0 Å². The van der Waals surface area contributed by atoms with E-state index in [-0.39, 0.29) is 0 Å². The van der Waals surface area contributed by atoms with Gasteiger partial charge in [-0.1, -0.05) is 0 Å². The van der Waals surface area contributed by atoms with E-state index in [0.717, 1.165) is 0 Å². The van der Waals surface area contributed by atoms with Gasteiger partial charge in [0.05, 0.1) is 0 Å². The maximum atomic E-state index is 5.17. The summed E-state index contributed by atoms with van der Waals surface area (Å²) in [4.78, 5) is 11.6. The van der Waals surface area contributed by atoms with Gasteiger partial charge < -0.3 is 5.43 Å². The van der Waals surface area contributed by atoms with Gasteiger partial charge in [0.1, 0.15) is 12.7 Å². The number of fused-ring (bicyclic) bond motifs is 1. The van der Waals surface area contributed by atoms with Crippen LogP contribution in [0.5, 0.6) is 0 Å². The lowest BCUT2D eigenvalue weighted by molar-refractivity contribution is 0.850. The Morgan fingerprint density at radius 3 is 3.00 bits per heavy atom. The zero-order chi connectivity index (χ0) is 7.68. The van der Waals surface area contributed by atoms with E-state index in [1.54, 1.807) is 0 Å². The number of nitrogens with one attached hydrogen (secondary N) is 1. The summed E-state index contributed by atoms with van der Waals surface area (Å²) in [5.74, 6) is 6.21. The van der Waals surface area contributed by atoms with Crippen molar-refractivity contribution >= 4 is 18.5 Å². The van der Waals surface area contributed by atoms with Crippen LogP contribution in [0.4, 0.5) is 0 Å². The van der Waals surface area contributed by atoms with E-state index < -0.39 is 0 Å². The summed E-state index contributed by atoms with van der Waals surface area (Å²) < 4.78 is 0. The van der Waals surface area contributed by atoms with Gasteiger partial charge in [-0.3, -0.25) is 0 Å². The Balaban J connectivity index is 2.46. The zero-order valence-electron chi connectivity index (χ0n) is 5.52. The third-order valence-corrected chi connectivity index (χ3v) is 1.31. The lowest BCUT2D eigenvalue weighted by atomic mass is 10.4. The first-order chi connectivity index (χ1) is 5.42. The molecule has 6 nitrogen and oxygen atoms in total. The van der Waals surface area contributed by atoms with Crippen molar-refractivity contribution in [3.8, 4) is 0 Å². The van der Waals surface area contributed by atoms with Gasteiger partial charge in [0.2, 0.25) is 0 Å². The van der Waals surface area contributed by atoms with Crippen LogP contribution in [0.3, 0.4) is 0 Å². The van der Waals surface area contributed by atoms with Crippen LogP contribution < -0.4 is 16.6 Å². The third kappa shape index (κ3) is 0.802. The third-order valence-electron chi connectivity index (χ3n) is 1.31. The SMILES string of the molecule is NNC1=C2N=CN=C2[N]C=N1. The van der Waals surface area contributed by atoms with Gasteiger partial charge in [-0.2, -0.15) is 0 Å². The highest BCUT2D eigenvalue weighted by Gasteiger charge is 2.18. The first kappa shape index (κ1) is 6.05. The lowest BCUT2D eigenvalue weighted by Crippen LogP contribution is -2.28. The molecule has 3 N–H and O–H groups in total. The Bertz CT molecular complexity index is 296. The Kier molecular flexibility index (Phi) is 1.19. The molecule has 2 aliphatic heterocycles. The van der Waals surface area contributed by atoms with Gasteiger partial charge in [-0.15, -0.1) is 0 Å². The second kappa shape index (κ2) is 2.17. The molecule has 11 heavy (non-hydrogen) atoms. The van der Waals surface area contributed by atoms with Crippen LogP contribution in [-0.2, 0) is 0 Å². The molecule has 6 heteroatoms. The first-order valence-corrected chi connectivity index (χ1v) is 2.97. The average molecular weight is 149 g/mol. The van der Waals surface area contributed by atoms with Crippen LogP contribution >= 0.6 is 0 Å². The van der Waals surface area contributed by atoms with Crippen molar-refractivity contribution < 1.29 is 0 Å². The largest absolute Gasteiger partial charge is 0.306 e. The summed E-state index contributed by atoms with van der Waals surface area (Å²) in [6.07, 6.45) is 2.80. The van der Waals surface area contributed by atoms with Crippen LogP contribution in [0.25, 0.3) is 0 Å². The highest BCUT2D eigenvalue weighted by molar-refractivity contribution is 6.11. The van der Waals surface area contributed by atoms with Gasteiger partial charge >= 0.3 is 0 Å². The molecule has 0 aromatic rings. The molecule has 2 rings (SSSR count). The smallest absolute Gasteiger partial charge is 0.185 e. The summed E-state index contributed by atoms with van der Waals surface area (Å²) in [5, 5.41) is 3.87. The fourth-order valence-corrected chi connectivity index (χ4v) is 0.830. The Labute approximate surface area is 62.6 Å². The van der Waals surface area contributed by atoms with Gasteiger partial charge in [0.15, 0.2) is 17.4 Å². The monoisotopic (exact) mass is 149 g/mol. The fraction of sp³-hybridized carbons (Fsp3) is 0. The topological polar surface area (TPSA) is 89.2 Å². The molecule has 0 amide bonds. The van der Waals surface area contributed by atoms with Crippen LogP contribution in [0.2, 0.25) is 0 Å². The first-order valence-electron chi connectivity index (χ1n) is 2.97. The van der Waals surface area contributed by atoms with Gasteiger partial charge in [0, 0.05) is 0 Å². The predicted octanol–water partition coefficient (Wildman–Crippen LogP) is -1.29. The molecule has 1 radical (unpaired) electrons. The number of hydrogen-bond acceptors (Lipinski definition) is 5. The van der Waals surface area contributed by atoms with Gasteiger partial charge in [-0.05, 0) is 0 Å². The predicted molar refractivity (Wildman–Crippen MR) is 40.9 cm³/mol. The standard InChI is InChI=1S/C5H5N6/c6-11-5-3-4(8-1-7-3)9-2-10-5/h1-2,11H,6H2. The number of hydrazine groups is 1. The van der Waals surface area contributed by atoms with Crippen molar-refractivity contribution in [1.29, 1.82) is 0 Å². The molecule has 55 valence electrons. The molecule has 0 saturated heterocycles. The molecule has 0 spiro atoms. The number of hydrogen-bond donors (Lipinski definition) is 2. The van der Waals surface area contributed by atoms with Crippen molar-refractivity contribution in [2.75, 3.05) is 0 Å². The van der Waals surface area contributed by atoms with Crippen LogP contribution in [0, 0.1) is 0 Å². The highest BCUT2D eigenvalue weighted by Crippen LogP contribution is 2.12. The van der Waals surface area contributed by atoms with Crippen molar-refractivity contribution in [1.82, 2.24) is 10.7 Å². The molecule has 0 atom stereocenters. The molecule has 0 saturated carbocycles. The number of nitrogens with zero attached hydrogens (tertiary/aromatic N) is 4. The minimum Gasteiger partial charge on any atom is -0.306 e. The second-order valence-corrected chi connectivity index (χ2v) is 1.91. The molecule has 0 aromatic heterocycles. The number of amidine groups is 1. The van der Waals surface area contributed by atoms with Crippen LogP contribution in [-0.4, -0.2) is 18.5 Å². The number of nitrogens with two attached hydrogens (primary N) is 1. The summed E-state index contributed by atoms with van der Waals surface area (Å²) in [6, 6.07) is 0. The molecule has 0 aliphatic carbocycles. The Hall–Kier alpha value is -1.69. The second-order valence-electron chi connectivity index (χ2n) is 1.91. The number of aliphatic imine (C=N–C) groups is 3. The van der Waals surface area contributed by atoms with Crippen molar-refractivity contribution in [3.05, 3.63) is 11.5 Å². The lowest BCUT2D eigenvalue weighted by Gasteiger charge is -2.07. The van der Waals surface area contributed by atoms with E-state index in [2.05, 4.69) is 25.7 Å². The van der Waals surface area contributed by atoms with E-state index in [0.29, 0.717) is 17.4 Å². The molecule has 2 heterocycles. The van der Waals surface area contributed by atoms with Crippen LogP contribution in [0.15, 0.2) is 26.5 Å². The molecule has 0 bridgehead atoms. The quantitative estimate of drug-likeness (QED) is 0.358. The maximum absolute atomic E-state index is 5.17. The van der Waals surface area contributed by atoms with E-state index in [1.807, 2.05) is 0 Å². The highest BCUT2D eigenvalue weighted by atomic mass is 15.3. The van der Waals surface area contributed by atoms with Gasteiger partial charge in [0.25, 0.3) is 0 Å². The zero-order valence-corrected chi connectivity index (χ0v) is 5.52. The molecule has 0 aromatic carbocycles. The fourth-order valence-electron chi connectivity index (χ4n) is 0.830. The molecule has 0 unspecified atom stereocenters. The number of rotatable bonds is 1. The van der Waals surface area contributed by atoms with Gasteiger partial charge in [-0.25, -0.2) is 26.1 Å². The van der Waals surface area contributed by atoms with E-state index in [4.69, 9.17) is 5.84 Å². The minimum atomic E-state index is 0.493. The molecule has 2 aliphatic rings. The molecule has 0 fully saturated rings. The summed E-state index contributed by atoms with van der Waals surface area (Å²) in [7, 11) is 0. The Morgan fingerprint density at radius 1 is 1.27 bits per heavy atom. The maximum Gasteiger partial charge on any atom is 0.185 e. The van der Waals surface area contributed by atoms with Crippen LogP contribution in [0.1, 0.15) is 0 Å². The summed E-state index contributed by atoms with van der Waals surface area (Å²) in [6.45, 7) is 0. The summed E-state index contributed by atoms with van der Waals surface area (Å²) >= 11 is 0. The minimum absolute atomic E-state index is 0.493. The molecular formula is C5H5N6. The summed E-state index contributed by atoms with van der Waals surface area (Å²) in [5.41, 5.74) is 3.00. The van der Waals surface area contributed by atoms with Crippen molar-refractivity contribution in [2.45, 2.75) is 0 Å². The van der Waals surface area contributed by atoms with Crippen molar-refractivity contribution in [2.24, 2.45) is 20.8 Å². The van der Waals surface area contributed by atoms with E-state index in [9.17, 15) is 0 Å². The normalized spacial score (nSPS) is 19.5. The van der Waals surface area contributed by atoms with E-state index in [1.165, 1.54) is 12.7 Å².